The first-order chi connectivity index (χ1) is 8.56. The predicted octanol–water partition coefficient (Wildman–Crippen LogP) is 2.01. The molecule has 0 saturated heterocycles. The van der Waals surface area contributed by atoms with E-state index in [4.69, 9.17) is 21.1 Å². The van der Waals surface area contributed by atoms with Gasteiger partial charge in [-0.3, -0.25) is 0 Å². The Morgan fingerprint density at radius 2 is 2.00 bits per heavy atom. The number of hydrogen-bond donors (Lipinski definition) is 1. The molecule has 0 bridgehead atoms. The maximum atomic E-state index is 5.81. The summed E-state index contributed by atoms with van der Waals surface area (Å²) < 4.78 is 10.4. The molecule has 1 atom stereocenters. The number of nitrogens with one attached hydrogen (secondary N) is 1. The van der Waals surface area contributed by atoms with Crippen molar-refractivity contribution in [2.24, 2.45) is 5.92 Å². The highest BCUT2D eigenvalue weighted by Crippen LogP contribution is 2.14. The van der Waals surface area contributed by atoms with E-state index in [-0.39, 0.29) is 17.3 Å². The molecule has 6 nitrogen and oxygen atoms in total. The smallest absolute Gasteiger partial charge is 0.322 e. The lowest BCUT2D eigenvalue weighted by molar-refractivity contribution is 0.170. The molecule has 1 aromatic heterocycles. The van der Waals surface area contributed by atoms with Gasteiger partial charge in [-0.1, -0.05) is 13.8 Å². The molecule has 1 aromatic rings. The number of anilines is 1. The summed E-state index contributed by atoms with van der Waals surface area (Å²) >= 11 is 5.81. The molecule has 0 aliphatic heterocycles. The Bertz CT molecular complexity index is 376. The first-order valence-corrected chi connectivity index (χ1v) is 6.24. The summed E-state index contributed by atoms with van der Waals surface area (Å²) in [5.41, 5.74) is 0. The van der Waals surface area contributed by atoms with Crippen molar-refractivity contribution in [1.82, 2.24) is 15.0 Å². The van der Waals surface area contributed by atoms with Gasteiger partial charge in [0.1, 0.15) is 0 Å². The molecule has 1 rings (SSSR count). The number of halogens is 1. The fraction of sp³-hybridized carbons (Fsp3) is 0.727. The van der Waals surface area contributed by atoms with Crippen molar-refractivity contribution >= 4 is 17.5 Å². The van der Waals surface area contributed by atoms with Gasteiger partial charge in [0, 0.05) is 7.11 Å². The van der Waals surface area contributed by atoms with Crippen LogP contribution in [0.15, 0.2) is 0 Å². The fourth-order valence-corrected chi connectivity index (χ4v) is 1.49. The number of aromatic nitrogens is 3. The lowest BCUT2D eigenvalue weighted by Crippen LogP contribution is -2.31. The summed E-state index contributed by atoms with van der Waals surface area (Å²) in [6, 6.07) is 0.322. The maximum absolute atomic E-state index is 5.81. The molecule has 0 radical (unpaired) electrons. The minimum absolute atomic E-state index is 0.0999. The van der Waals surface area contributed by atoms with Crippen LogP contribution in [0.25, 0.3) is 0 Å². The number of hydrogen-bond acceptors (Lipinski definition) is 6. The van der Waals surface area contributed by atoms with Crippen LogP contribution in [-0.2, 0) is 4.74 Å². The van der Waals surface area contributed by atoms with Crippen LogP contribution in [0.4, 0.5) is 5.95 Å². The molecule has 1 N–H and O–H groups in total. The van der Waals surface area contributed by atoms with E-state index in [1.807, 2.05) is 6.92 Å². The first-order valence-electron chi connectivity index (χ1n) is 5.86. The largest absolute Gasteiger partial charge is 0.464 e. The highest BCUT2D eigenvalue weighted by Gasteiger charge is 2.15. The van der Waals surface area contributed by atoms with Crippen LogP contribution in [0.5, 0.6) is 6.01 Å². The van der Waals surface area contributed by atoms with E-state index >= 15 is 0 Å². The normalized spacial score (nSPS) is 12.6. The minimum atomic E-state index is 0.0999. The minimum Gasteiger partial charge on any atom is -0.464 e. The highest BCUT2D eigenvalue weighted by atomic mass is 35.5. The van der Waals surface area contributed by atoms with Gasteiger partial charge in [-0.25, -0.2) is 0 Å². The Hall–Kier alpha value is -1.14. The molecule has 7 heteroatoms. The number of rotatable bonds is 7. The SMILES string of the molecule is CCOc1nc(Cl)nc(NC(COC)C(C)C)n1. The van der Waals surface area contributed by atoms with E-state index in [9.17, 15) is 0 Å². The quantitative estimate of drug-likeness (QED) is 0.820. The molecule has 1 unspecified atom stereocenters. The Morgan fingerprint density at radius 1 is 1.28 bits per heavy atom. The molecule has 0 aromatic carbocycles. The van der Waals surface area contributed by atoms with Crippen molar-refractivity contribution < 1.29 is 9.47 Å². The van der Waals surface area contributed by atoms with E-state index in [1.165, 1.54) is 0 Å². The fourth-order valence-electron chi connectivity index (χ4n) is 1.34. The van der Waals surface area contributed by atoms with Crippen molar-refractivity contribution in [2.45, 2.75) is 26.8 Å². The van der Waals surface area contributed by atoms with E-state index in [0.29, 0.717) is 25.1 Å². The maximum Gasteiger partial charge on any atom is 0.322 e. The molecular weight excluding hydrogens is 256 g/mol. The van der Waals surface area contributed by atoms with Crippen LogP contribution in [0.3, 0.4) is 0 Å². The van der Waals surface area contributed by atoms with Crippen LogP contribution in [0.1, 0.15) is 20.8 Å². The van der Waals surface area contributed by atoms with Crippen LogP contribution >= 0.6 is 11.6 Å². The molecule has 0 aliphatic carbocycles. The van der Waals surface area contributed by atoms with Crippen LogP contribution in [0, 0.1) is 5.92 Å². The Labute approximate surface area is 112 Å². The van der Waals surface area contributed by atoms with Crippen LogP contribution < -0.4 is 10.1 Å². The molecule has 1 heterocycles. The summed E-state index contributed by atoms with van der Waals surface area (Å²) in [5, 5.41) is 3.27. The van der Waals surface area contributed by atoms with Crippen LogP contribution in [-0.4, -0.2) is 41.3 Å². The zero-order chi connectivity index (χ0) is 13.5. The lowest BCUT2D eigenvalue weighted by Gasteiger charge is -2.21. The van der Waals surface area contributed by atoms with E-state index in [2.05, 4.69) is 34.1 Å². The second-order valence-corrected chi connectivity index (χ2v) is 4.43. The standard InChI is InChI=1S/C11H19ClN4O2/c1-5-18-11-15-9(12)14-10(16-11)13-8(6-17-4)7(2)3/h7-8H,5-6H2,1-4H3,(H,13,14,15,16). The van der Waals surface area contributed by atoms with Crippen molar-refractivity contribution in [3.63, 3.8) is 0 Å². The molecule has 0 fully saturated rings. The van der Waals surface area contributed by atoms with Gasteiger partial charge in [0.2, 0.25) is 11.2 Å². The molecule has 102 valence electrons. The lowest BCUT2D eigenvalue weighted by atomic mass is 10.1. The molecule has 18 heavy (non-hydrogen) atoms. The van der Waals surface area contributed by atoms with Crippen molar-refractivity contribution in [3.8, 4) is 6.01 Å². The third kappa shape index (κ3) is 4.62. The summed E-state index contributed by atoms with van der Waals surface area (Å²) in [6.07, 6.45) is 0. The van der Waals surface area contributed by atoms with Gasteiger partial charge in [0.25, 0.3) is 0 Å². The van der Waals surface area contributed by atoms with E-state index in [1.54, 1.807) is 7.11 Å². The van der Waals surface area contributed by atoms with Gasteiger partial charge in [-0.05, 0) is 24.4 Å². The second-order valence-electron chi connectivity index (χ2n) is 4.09. The number of methoxy groups -OCH3 is 1. The molecule has 0 amide bonds. The number of ether oxygens (including phenoxy) is 2. The predicted molar refractivity (Wildman–Crippen MR) is 70.1 cm³/mol. The Balaban J connectivity index is 2.81. The molecule has 0 spiro atoms. The topological polar surface area (TPSA) is 69.2 Å². The zero-order valence-corrected chi connectivity index (χ0v) is 11.9. The second kappa shape index (κ2) is 7.33. The molecule has 0 saturated carbocycles. The Morgan fingerprint density at radius 3 is 2.56 bits per heavy atom. The number of nitrogens with zero attached hydrogens (tertiary/aromatic N) is 3. The Kier molecular flexibility index (Phi) is 6.07. The third-order valence-electron chi connectivity index (χ3n) is 2.33. The van der Waals surface area contributed by atoms with E-state index < -0.39 is 0 Å². The zero-order valence-electron chi connectivity index (χ0n) is 11.1. The molecule has 0 aliphatic rings. The highest BCUT2D eigenvalue weighted by molar-refractivity contribution is 6.28. The van der Waals surface area contributed by atoms with E-state index in [0.717, 1.165) is 0 Å². The van der Waals surface area contributed by atoms with Gasteiger partial charge < -0.3 is 14.8 Å². The summed E-state index contributed by atoms with van der Waals surface area (Å²) in [7, 11) is 1.66. The summed E-state index contributed by atoms with van der Waals surface area (Å²) in [5.74, 6) is 0.769. The average molecular weight is 275 g/mol. The van der Waals surface area contributed by atoms with Crippen molar-refractivity contribution in [1.29, 1.82) is 0 Å². The van der Waals surface area contributed by atoms with Crippen LogP contribution in [0.2, 0.25) is 5.28 Å². The van der Waals surface area contributed by atoms with Gasteiger partial charge in [-0.15, -0.1) is 0 Å². The van der Waals surface area contributed by atoms with Crippen molar-refractivity contribution in [3.05, 3.63) is 5.28 Å². The van der Waals surface area contributed by atoms with Gasteiger partial charge >= 0.3 is 6.01 Å². The average Bonchev–Trinajstić information content (AvgIpc) is 2.28. The molecular formula is C11H19ClN4O2. The van der Waals surface area contributed by atoms with Gasteiger partial charge in [0.05, 0.1) is 19.3 Å². The van der Waals surface area contributed by atoms with Gasteiger partial charge in [0.15, 0.2) is 0 Å². The third-order valence-corrected chi connectivity index (χ3v) is 2.50. The summed E-state index contributed by atoms with van der Waals surface area (Å²) in [6.45, 7) is 7.06. The van der Waals surface area contributed by atoms with Crippen molar-refractivity contribution in [2.75, 3.05) is 25.6 Å². The monoisotopic (exact) mass is 274 g/mol. The summed E-state index contributed by atoms with van der Waals surface area (Å²) in [4.78, 5) is 12.0. The first kappa shape index (κ1) is 14.9. The van der Waals surface area contributed by atoms with Gasteiger partial charge in [-0.2, -0.15) is 15.0 Å².